The van der Waals surface area contributed by atoms with Crippen LogP contribution in [0, 0.1) is 5.92 Å². The van der Waals surface area contributed by atoms with Gasteiger partial charge in [0.15, 0.2) is 0 Å². The predicted octanol–water partition coefficient (Wildman–Crippen LogP) is -1.11. The SMILES string of the molecule is NN.O=C(O)C1CCCNC1. The lowest BCUT2D eigenvalue weighted by Crippen LogP contribution is -2.34. The van der Waals surface area contributed by atoms with Crippen molar-refractivity contribution in [3.63, 3.8) is 0 Å². The second-order valence-corrected chi connectivity index (χ2v) is 2.38. The standard InChI is InChI=1S/C6H11NO2.H4N2/c8-6(9)5-2-1-3-7-4-5;1-2/h5,7H,1-4H2,(H,8,9);1-2H2. The molecular formula is C6H15N3O2. The van der Waals surface area contributed by atoms with Crippen LogP contribution in [0.1, 0.15) is 12.8 Å². The van der Waals surface area contributed by atoms with Crippen molar-refractivity contribution in [1.82, 2.24) is 5.32 Å². The van der Waals surface area contributed by atoms with E-state index in [1.54, 1.807) is 0 Å². The minimum atomic E-state index is -0.665. The lowest BCUT2D eigenvalue weighted by atomic mass is 10.0. The van der Waals surface area contributed by atoms with Crippen LogP contribution in [0.2, 0.25) is 0 Å². The molecule has 1 aliphatic rings. The first kappa shape index (κ1) is 10.3. The summed E-state index contributed by atoms with van der Waals surface area (Å²) in [6.07, 6.45) is 1.83. The zero-order valence-corrected chi connectivity index (χ0v) is 6.42. The minimum absolute atomic E-state index is 0.140. The minimum Gasteiger partial charge on any atom is -0.481 e. The summed E-state index contributed by atoms with van der Waals surface area (Å²) in [6, 6.07) is 0. The number of hydrogen-bond donors (Lipinski definition) is 4. The van der Waals surface area contributed by atoms with E-state index in [9.17, 15) is 4.79 Å². The molecular weight excluding hydrogens is 146 g/mol. The van der Waals surface area contributed by atoms with Crippen LogP contribution in [0.25, 0.3) is 0 Å². The van der Waals surface area contributed by atoms with Crippen molar-refractivity contribution in [2.45, 2.75) is 12.8 Å². The summed E-state index contributed by atoms with van der Waals surface area (Å²) < 4.78 is 0. The van der Waals surface area contributed by atoms with Gasteiger partial charge in [0.1, 0.15) is 0 Å². The number of hydrazine groups is 1. The first-order chi connectivity index (χ1) is 5.30. The maximum absolute atomic E-state index is 10.3. The van der Waals surface area contributed by atoms with E-state index in [0.717, 1.165) is 19.4 Å². The van der Waals surface area contributed by atoms with Crippen molar-refractivity contribution in [2.24, 2.45) is 17.6 Å². The second kappa shape index (κ2) is 6.09. The van der Waals surface area contributed by atoms with E-state index in [1.807, 2.05) is 0 Å². The highest BCUT2D eigenvalue weighted by atomic mass is 16.4. The zero-order valence-electron chi connectivity index (χ0n) is 6.42. The molecule has 1 saturated heterocycles. The molecule has 1 atom stereocenters. The van der Waals surface area contributed by atoms with Gasteiger partial charge in [-0.15, -0.1) is 0 Å². The van der Waals surface area contributed by atoms with Gasteiger partial charge in [-0.2, -0.15) is 0 Å². The highest BCUT2D eigenvalue weighted by Crippen LogP contribution is 2.08. The van der Waals surface area contributed by atoms with Crippen LogP contribution >= 0.6 is 0 Å². The van der Waals surface area contributed by atoms with Crippen molar-refractivity contribution in [3.05, 3.63) is 0 Å². The Morgan fingerprint density at radius 2 is 2.18 bits per heavy atom. The van der Waals surface area contributed by atoms with Gasteiger partial charge in [-0.1, -0.05) is 0 Å². The van der Waals surface area contributed by atoms with E-state index in [4.69, 9.17) is 5.11 Å². The molecule has 0 amide bonds. The summed E-state index contributed by atoms with van der Waals surface area (Å²) in [4.78, 5) is 10.3. The van der Waals surface area contributed by atoms with Gasteiger partial charge in [-0.05, 0) is 19.4 Å². The molecule has 66 valence electrons. The quantitative estimate of drug-likeness (QED) is 0.288. The maximum atomic E-state index is 10.3. The summed E-state index contributed by atoms with van der Waals surface area (Å²) in [5, 5.41) is 11.5. The molecule has 0 aromatic rings. The van der Waals surface area contributed by atoms with E-state index < -0.39 is 5.97 Å². The van der Waals surface area contributed by atoms with Crippen molar-refractivity contribution < 1.29 is 9.90 Å². The smallest absolute Gasteiger partial charge is 0.307 e. The number of carboxylic acids is 1. The Morgan fingerprint density at radius 3 is 2.45 bits per heavy atom. The molecule has 0 radical (unpaired) electrons. The Hall–Kier alpha value is -0.650. The summed E-state index contributed by atoms with van der Waals surface area (Å²) in [5.74, 6) is 7.20. The number of nitrogens with two attached hydrogens (primary N) is 2. The molecule has 1 fully saturated rings. The van der Waals surface area contributed by atoms with Gasteiger partial charge in [0.05, 0.1) is 5.92 Å². The second-order valence-electron chi connectivity index (χ2n) is 2.38. The molecule has 1 heterocycles. The molecule has 5 nitrogen and oxygen atoms in total. The van der Waals surface area contributed by atoms with Crippen LogP contribution in [-0.4, -0.2) is 24.2 Å². The fourth-order valence-electron chi connectivity index (χ4n) is 1.06. The summed E-state index contributed by atoms with van der Waals surface area (Å²) in [5.41, 5.74) is 0. The molecule has 5 heteroatoms. The van der Waals surface area contributed by atoms with Crippen LogP contribution < -0.4 is 17.0 Å². The summed E-state index contributed by atoms with van der Waals surface area (Å²) in [7, 11) is 0. The average molecular weight is 161 g/mol. The fourth-order valence-corrected chi connectivity index (χ4v) is 1.06. The largest absolute Gasteiger partial charge is 0.481 e. The van der Waals surface area contributed by atoms with Gasteiger partial charge >= 0.3 is 5.97 Å². The maximum Gasteiger partial charge on any atom is 0.307 e. The Balaban J connectivity index is 0.000000461. The number of hydrogen-bond acceptors (Lipinski definition) is 4. The van der Waals surface area contributed by atoms with Gasteiger partial charge in [-0.3, -0.25) is 16.5 Å². The van der Waals surface area contributed by atoms with Gasteiger partial charge in [0, 0.05) is 6.54 Å². The molecule has 1 rings (SSSR count). The van der Waals surface area contributed by atoms with Crippen molar-refractivity contribution in [3.8, 4) is 0 Å². The Morgan fingerprint density at radius 1 is 1.55 bits per heavy atom. The summed E-state index contributed by atoms with van der Waals surface area (Å²) in [6.45, 7) is 1.62. The first-order valence-corrected chi connectivity index (χ1v) is 3.57. The first-order valence-electron chi connectivity index (χ1n) is 3.57. The molecule has 0 aromatic heterocycles. The van der Waals surface area contributed by atoms with Crippen LogP contribution in [0.3, 0.4) is 0 Å². The molecule has 0 saturated carbocycles. The molecule has 0 bridgehead atoms. The highest BCUT2D eigenvalue weighted by Gasteiger charge is 2.18. The third kappa shape index (κ3) is 3.92. The number of carboxylic acid groups (broad SMARTS) is 1. The molecule has 0 aromatic carbocycles. The Labute approximate surface area is 65.7 Å². The number of nitrogens with one attached hydrogen (secondary N) is 1. The number of rotatable bonds is 1. The molecule has 0 aliphatic carbocycles. The highest BCUT2D eigenvalue weighted by molar-refractivity contribution is 5.70. The van der Waals surface area contributed by atoms with Crippen LogP contribution in [0.15, 0.2) is 0 Å². The number of aliphatic carboxylic acids is 1. The fraction of sp³-hybridized carbons (Fsp3) is 0.833. The normalized spacial score (nSPS) is 23.3. The predicted molar refractivity (Wildman–Crippen MR) is 41.6 cm³/mol. The lowest BCUT2D eigenvalue weighted by molar-refractivity contribution is -0.142. The molecule has 1 aliphatic heterocycles. The summed E-state index contributed by atoms with van der Waals surface area (Å²) >= 11 is 0. The molecule has 6 N–H and O–H groups in total. The van der Waals surface area contributed by atoms with Gasteiger partial charge in [0.2, 0.25) is 0 Å². The third-order valence-corrected chi connectivity index (χ3v) is 1.65. The van der Waals surface area contributed by atoms with Gasteiger partial charge in [0.25, 0.3) is 0 Å². The lowest BCUT2D eigenvalue weighted by Gasteiger charge is -2.18. The van der Waals surface area contributed by atoms with Crippen molar-refractivity contribution in [2.75, 3.05) is 13.1 Å². The Bertz CT molecular complexity index is 112. The van der Waals surface area contributed by atoms with E-state index in [2.05, 4.69) is 17.0 Å². The number of carbonyl (C=O) groups is 1. The van der Waals surface area contributed by atoms with E-state index >= 15 is 0 Å². The third-order valence-electron chi connectivity index (χ3n) is 1.65. The van der Waals surface area contributed by atoms with Crippen molar-refractivity contribution in [1.29, 1.82) is 0 Å². The number of piperidine rings is 1. The van der Waals surface area contributed by atoms with E-state index in [1.165, 1.54) is 0 Å². The van der Waals surface area contributed by atoms with Crippen LogP contribution in [0.4, 0.5) is 0 Å². The monoisotopic (exact) mass is 161 g/mol. The van der Waals surface area contributed by atoms with Crippen LogP contribution in [0.5, 0.6) is 0 Å². The van der Waals surface area contributed by atoms with Gasteiger partial charge < -0.3 is 10.4 Å². The zero-order chi connectivity index (χ0) is 8.69. The average Bonchev–Trinajstić information content (AvgIpc) is 2.10. The van der Waals surface area contributed by atoms with Crippen molar-refractivity contribution >= 4 is 5.97 Å². The molecule has 1 unspecified atom stereocenters. The molecule has 11 heavy (non-hydrogen) atoms. The molecule has 0 spiro atoms. The van der Waals surface area contributed by atoms with E-state index in [0.29, 0.717) is 6.54 Å². The Kier molecular flexibility index (Phi) is 5.73. The topological polar surface area (TPSA) is 101 Å². The van der Waals surface area contributed by atoms with E-state index in [-0.39, 0.29) is 5.92 Å². The van der Waals surface area contributed by atoms with Crippen LogP contribution in [-0.2, 0) is 4.79 Å². The van der Waals surface area contributed by atoms with Gasteiger partial charge in [-0.25, -0.2) is 0 Å².